The Hall–Kier alpha value is -4.74. The van der Waals surface area contributed by atoms with Crippen molar-refractivity contribution in [2.24, 2.45) is 11.8 Å². The van der Waals surface area contributed by atoms with Crippen LogP contribution in [0.1, 0.15) is 40.4 Å². The van der Waals surface area contributed by atoms with Gasteiger partial charge >= 0.3 is 12.1 Å². The molecule has 1 unspecified atom stereocenters. The number of nitrogens with zero attached hydrogens (tertiary/aromatic N) is 5. The van der Waals surface area contributed by atoms with Crippen LogP contribution in [0.3, 0.4) is 0 Å². The monoisotopic (exact) mass is 775 g/mol. The van der Waals surface area contributed by atoms with Gasteiger partial charge in [0.05, 0.1) is 38.0 Å². The van der Waals surface area contributed by atoms with Gasteiger partial charge < -0.3 is 39.2 Å². The van der Waals surface area contributed by atoms with E-state index in [2.05, 4.69) is 17.2 Å². The Labute approximate surface area is 320 Å². The molecule has 6 rings (SSSR count). The number of imidazole rings is 1. The number of hydrogen-bond donors (Lipinski definition) is 2. The number of carbonyl (C=O) groups is 4. The van der Waals surface area contributed by atoms with Gasteiger partial charge in [0, 0.05) is 85.2 Å². The highest BCUT2D eigenvalue weighted by Gasteiger charge is 2.42. The normalized spacial score (nSPS) is 22.3. The van der Waals surface area contributed by atoms with E-state index in [1.54, 1.807) is 26.6 Å². The maximum absolute atomic E-state index is 15.3. The van der Waals surface area contributed by atoms with Crippen molar-refractivity contribution in [3.05, 3.63) is 66.7 Å². The first-order valence-corrected chi connectivity index (χ1v) is 18.8. The Balaban J connectivity index is 0.00000360. The number of alkyl halides is 1. The minimum absolute atomic E-state index is 0. The molecule has 0 aliphatic carbocycles. The molecule has 1 aromatic heterocycles. The maximum atomic E-state index is 15.3. The third-order valence-corrected chi connectivity index (χ3v) is 10.4. The summed E-state index contributed by atoms with van der Waals surface area (Å²) in [4.78, 5) is 60.1. The van der Waals surface area contributed by atoms with Crippen molar-refractivity contribution in [2.75, 3.05) is 72.2 Å². The number of amides is 5. The van der Waals surface area contributed by atoms with Crippen LogP contribution in [0.25, 0.3) is 11.3 Å². The van der Waals surface area contributed by atoms with Crippen molar-refractivity contribution in [2.45, 2.75) is 50.5 Å². The minimum Gasteiger partial charge on any atom is -0.444 e. The molecular formula is C38H52F3N7O7. The number of halogens is 3. The average Bonchev–Trinajstić information content (AvgIpc) is 3.88. The zero-order valence-electron chi connectivity index (χ0n) is 30.7. The van der Waals surface area contributed by atoms with E-state index in [1.807, 2.05) is 0 Å². The first kappa shape index (κ1) is 39.9. The smallest absolute Gasteiger partial charge is 0.407 e. The standard InChI is InChI=1S/C38H48F3N7O7.2H2/c1-2-12-45-24-32(29-19-27(39)5-6-30(29)40)44-36(45)35(25-9-15-53-16-10-25)48(22-26-20-42-21-31(26)41)38(52)46-13-3-4-28(23-46)55-37(51)43-11-17-54-18-14-47-33(49)7-8-34(47)50;;/h2,5-8,19,24-26,28,31,35,42H,1,3-4,9-18,20-23H2,(H,43,51);2*1H/t26-,28?,31-,35+;;/m0../s1. The number of ether oxygens (including phenoxy) is 3. The number of alkyl carbamates (subject to hydrolysis) is 1. The van der Waals surface area contributed by atoms with Crippen molar-refractivity contribution in [3.63, 3.8) is 0 Å². The number of nitrogens with one attached hydrogen (secondary N) is 2. The lowest BCUT2D eigenvalue weighted by molar-refractivity contribution is -0.137. The number of urea groups is 1. The zero-order valence-corrected chi connectivity index (χ0v) is 30.7. The summed E-state index contributed by atoms with van der Waals surface area (Å²) in [5.41, 5.74) is 0.172. The lowest BCUT2D eigenvalue weighted by Crippen LogP contribution is -2.54. The van der Waals surface area contributed by atoms with Gasteiger partial charge in [-0.2, -0.15) is 0 Å². The van der Waals surface area contributed by atoms with Gasteiger partial charge in [-0.3, -0.25) is 14.5 Å². The Kier molecular flexibility index (Phi) is 13.6. The molecule has 302 valence electrons. The van der Waals surface area contributed by atoms with Crippen LogP contribution < -0.4 is 10.6 Å². The molecule has 4 atom stereocenters. The minimum atomic E-state index is -1.19. The van der Waals surface area contributed by atoms with Gasteiger partial charge in [0.2, 0.25) is 0 Å². The molecule has 4 aliphatic heterocycles. The van der Waals surface area contributed by atoms with Gasteiger partial charge in [-0.05, 0) is 49.8 Å². The van der Waals surface area contributed by atoms with Crippen molar-refractivity contribution < 1.29 is 49.4 Å². The second-order valence-electron chi connectivity index (χ2n) is 14.1. The molecule has 2 N–H and O–H groups in total. The summed E-state index contributed by atoms with van der Waals surface area (Å²) in [5.74, 6) is -2.28. The third-order valence-electron chi connectivity index (χ3n) is 10.4. The van der Waals surface area contributed by atoms with E-state index in [0.717, 1.165) is 23.1 Å². The van der Waals surface area contributed by atoms with Crippen LogP contribution in [-0.2, 0) is 30.3 Å². The fourth-order valence-electron chi connectivity index (χ4n) is 7.57. The van der Waals surface area contributed by atoms with E-state index in [9.17, 15) is 23.6 Å². The molecule has 4 aliphatic rings. The van der Waals surface area contributed by atoms with E-state index >= 15 is 8.78 Å². The highest BCUT2D eigenvalue weighted by molar-refractivity contribution is 6.12. The topological polar surface area (TPSA) is 148 Å². The molecule has 1 aromatic carbocycles. The summed E-state index contributed by atoms with van der Waals surface area (Å²) in [6.45, 7) is 6.58. The highest BCUT2D eigenvalue weighted by atomic mass is 19.1. The van der Waals surface area contributed by atoms with Gasteiger partial charge in [0.15, 0.2) is 0 Å². The summed E-state index contributed by atoms with van der Waals surface area (Å²) < 4.78 is 63.3. The lowest BCUT2D eigenvalue weighted by Gasteiger charge is -2.43. The Morgan fingerprint density at radius 1 is 1.15 bits per heavy atom. The predicted molar refractivity (Wildman–Crippen MR) is 197 cm³/mol. The van der Waals surface area contributed by atoms with Gasteiger partial charge in [0.1, 0.15) is 29.7 Å². The second-order valence-corrected chi connectivity index (χ2v) is 14.1. The molecule has 3 fully saturated rings. The van der Waals surface area contributed by atoms with Gasteiger partial charge in [-0.1, -0.05) is 6.08 Å². The number of piperidine rings is 1. The van der Waals surface area contributed by atoms with Crippen molar-refractivity contribution in [1.82, 2.24) is 34.9 Å². The Morgan fingerprint density at radius 2 is 1.93 bits per heavy atom. The molecule has 3 saturated heterocycles. The van der Waals surface area contributed by atoms with Gasteiger partial charge in [-0.25, -0.2) is 27.7 Å². The highest BCUT2D eigenvalue weighted by Crippen LogP contribution is 2.38. The molecule has 55 heavy (non-hydrogen) atoms. The first-order valence-electron chi connectivity index (χ1n) is 18.8. The molecule has 2 aromatic rings. The fraction of sp³-hybridized carbons (Fsp3) is 0.553. The first-order chi connectivity index (χ1) is 26.6. The Bertz CT molecular complexity index is 1730. The third kappa shape index (κ3) is 9.93. The van der Waals surface area contributed by atoms with Crippen LogP contribution in [0.2, 0.25) is 0 Å². The number of likely N-dealkylation sites (tertiary alicyclic amines) is 1. The second kappa shape index (κ2) is 18.7. The molecule has 14 nitrogen and oxygen atoms in total. The number of hydrogen-bond acceptors (Lipinski definition) is 9. The summed E-state index contributed by atoms with van der Waals surface area (Å²) in [7, 11) is 0. The summed E-state index contributed by atoms with van der Waals surface area (Å²) in [5, 5.41) is 5.71. The maximum Gasteiger partial charge on any atom is 0.407 e. The van der Waals surface area contributed by atoms with E-state index < -0.39 is 53.8 Å². The fourth-order valence-corrected chi connectivity index (χ4v) is 7.57. The quantitative estimate of drug-likeness (QED) is 0.155. The van der Waals surface area contributed by atoms with Crippen LogP contribution in [-0.4, -0.2) is 133 Å². The molecule has 17 heteroatoms. The summed E-state index contributed by atoms with van der Waals surface area (Å²) in [6.07, 6.45) is 5.43. The van der Waals surface area contributed by atoms with Crippen LogP contribution in [0.15, 0.2) is 49.2 Å². The van der Waals surface area contributed by atoms with E-state index in [1.165, 1.54) is 12.2 Å². The lowest BCUT2D eigenvalue weighted by atomic mass is 9.89. The van der Waals surface area contributed by atoms with Crippen molar-refractivity contribution in [1.29, 1.82) is 0 Å². The van der Waals surface area contributed by atoms with Crippen LogP contribution in [0.4, 0.5) is 22.8 Å². The number of allylic oxidation sites excluding steroid dienone is 1. The number of carbonyl (C=O) groups excluding carboxylic acids is 4. The molecule has 0 saturated carbocycles. The van der Waals surface area contributed by atoms with E-state index in [0.29, 0.717) is 57.8 Å². The molecule has 0 radical (unpaired) electrons. The SMILES string of the molecule is C=CCn1cc(-c2cc(F)ccc2F)nc1[C@@H](C1CCOCC1)N(C[C@@H]1CNC[C@@H]1F)C(=O)N1CCCC(OC(=O)NCCOCCN2C(=O)C=CC2=O)C1.[HH].[HH]. The zero-order chi connectivity index (χ0) is 38.9. The van der Waals surface area contributed by atoms with Gasteiger partial charge in [-0.15, -0.1) is 6.58 Å². The number of benzene rings is 1. The number of imide groups is 1. The summed E-state index contributed by atoms with van der Waals surface area (Å²) >= 11 is 0. The Morgan fingerprint density at radius 3 is 2.65 bits per heavy atom. The van der Waals surface area contributed by atoms with Gasteiger partial charge in [0.25, 0.3) is 11.8 Å². The van der Waals surface area contributed by atoms with E-state index in [4.69, 9.17) is 19.2 Å². The molecule has 0 spiro atoms. The predicted octanol–water partition coefficient (Wildman–Crippen LogP) is 4.09. The number of rotatable bonds is 15. The van der Waals surface area contributed by atoms with Crippen molar-refractivity contribution in [3.8, 4) is 11.3 Å². The van der Waals surface area contributed by atoms with Crippen LogP contribution >= 0.6 is 0 Å². The molecule has 5 amide bonds. The average molecular weight is 776 g/mol. The molecule has 0 bridgehead atoms. The van der Waals surface area contributed by atoms with Crippen molar-refractivity contribution >= 4 is 23.9 Å². The molecule has 5 heterocycles. The van der Waals surface area contributed by atoms with Crippen LogP contribution in [0, 0.1) is 23.5 Å². The molecular weight excluding hydrogens is 723 g/mol. The summed E-state index contributed by atoms with van der Waals surface area (Å²) in [6, 6.07) is 2.11. The largest absolute Gasteiger partial charge is 0.444 e. The van der Waals surface area contributed by atoms with Crippen LogP contribution in [0.5, 0.6) is 0 Å². The number of aromatic nitrogens is 2. The van der Waals surface area contributed by atoms with E-state index in [-0.39, 0.29) is 78.5 Å².